The van der Waals surface area contributed by atoms with Crippen LogP contribution in [-0.2, 0) is 9.59 Å². The fourth-order valence-corrected chi connectivity index (χ4v) is 2.14. The van der Waals surface area contributed by atoms with Crippen molar-refractivity contribution in [1.29, 1.82) is 0 Å². The summed E-state index contributed by atoms with van der Waals surface area (Å²) in [6.07, 6.45) is 0. The van der Waals surface area contributed by atoms with Gasteiger partial charge in [-0.25, -0.2) is 0 Å². The molecule has 0 radical (unpaired) electrons. The third-order valence-corrected chi connectivity index (χ3v) is 3.67. The Bertz CT molecular complexity index is 358. The van der Waals surface area contributed by atoms with E-state index in [4.69, 9.17) is 5.73 Å². The van der Waals surface area contributed by atoms with E-state index in [-0.39, 0.29) is 17.2 Å². The number of likely N-dealkylation sites (N-methyl/N-ethyl adjacent to an activating group) is 1. The minimum Gasteiger partial charge on any atom is -0.342 e. The second-order valence-corrected chi connectivity index (χ2v) is 6.62. The molecule has 0 spiro atoms. The van der Waals surface area contributed by atoms with Crippen LogP contribution < -0.4 is 5.73 Å². The van der Waals surface area contributed by atoms with Gasteiger partial charge >= 0.3 is 0 Å². The third-order valence-electron chi connectivity index (χ3n) is 3.67. The standard InChI is InChI=1S/C13H25N3O2/c1-12(2,3)9(14)10(17)16-8-7-15(6)11(18)13(16,4)5/h9H,7-8,14H2,1-6H3. The summed E-state index contributed by atoms with van der Waals surface area (Å²) >= 11 is 0. The molecular weight excluding hydrogens is 230 g/mol. The molecule has 0 saturated carbocycles. The van der Waals surface area contributed by atoms with Crippen LogP contribution in [0.25, 0.3) is 0 Å². The van der Waals surface area contributed by atoms with Crippen molar-refractivity contribution in [3.63, 3.8) is 0 Å². The van der Waals surface area contributed by atoms with Crippen molar-refractivity contribution < 1.29 is 9.59 Å². The normalized spacial score (nSPS) is 22.1. The van der Waals surface area contributed by atoms with E-state index in [0.717, 1.165) is 0 Å². The summed E-state index contributed by atoms with van der Waals surface area (Å²) in [6.45, 7) is 10.4. The van der Waals surface area contributed by atoms with Crippen LogP contribution in [0.4, 0.5) is 0 Å². The monoisotopic (exact) mass is 255 g/mol. The van der Waals surface area contributed by atoms with Crippen LogP contribution in [0.1, 0.15) is 34.6 Å². The quantitative estimate of drug-likeness (QED) is 0.739. The summed E-state index contributed by atoms with van der Waals surface area (Å²) in [4.78, 5) is 27.8. The fraction of sp³-hybridized carbons (Fsp3) is 0.846. The first-order chi connectivity index (χ1) is 7.99. The van der Waals surface area contributed by atoms with Crippen molar-refractivity contribution in [1.82, 2.24) is 9.80 Å². The topological polar surface area (TPSA) is 66.6 Å². The minimum absolute atomic E-state index is 0.0387. The molecule has 5 heteroatoms. The Morgan fingerprint density at radius 2 is 1.83 bits per heavy atom. The van der Waals surface area contributed by atoms with Crippen LogP contribution in [0, 0.1) is 5.41 Å². The van der Waals surface area contributed by atoms with Gasteiger partial charge in [0, 0.05) is 20.1 Å². The lowest BCUT2D eigenvalue weighted by Gasteiger charge is -2.46. The number of carbonyl (C=O) groups is 2. The van der Waals surface area contributed by atoms with E-state index in [1.165, 1.54) is 0 Å². The molecule has 1 unspecified atom stereocenters. The summed E-state index contributed by atoms with van der Waals surface area (Å²) in [5.74, 6) is -0.183. The summed E-state index contributed by atoms with van der Waals surface area (Å²) < 4.78 is 0. The molecule has 0 aromatic carbocycles. The fourth-order valence-electron chi connectivity index (χ4n) is 2.14. The van der Waals surface area contributed by atoms with E-state index in [9.17, 15) is 9.59 Å². The molecule has 18 heavy (non-hydrogen) atoms. The Morgan fingerprint density at radius 1 is 1.33 bits per heavy atom. The number of nitrogens with zero attached hydrogens (tertiary/aromatic N) is 2. The zero-order chi connectivity index (χ0) is 14.3. The molecule has 5 nitrogen and oxygen atoms in total. The highest BCUT2D eigenvalue weighted by Crippen LogP contribution is 2.26. The lowest BCUT2D eigenvalue weighted by atomic mass is 9.85. The van der Waals surface area contributed by atoms with E-state index in [1.807, 2.05) is 20.8 Å². The van der Waals surface area contributed by atoms with Crippen molar-refractivity contribution >= 4 is 11.8 Å². The number of amides is 2. The predicted octanol–water partition coefficient (Wildman–Crippen LogP) is 0.439. The Labute approximate surface area is 109 Å². The highest BCUT2D eigenvalue weighted by Gasteiger charge is 2.45. The van der Waals surface area contributed by atoms with Crippen molar-refractivity contribution in [3.8, 4) is 0 Å². The molecular formula is C13H25N3O2. The van der Waals surface area contributed by atoms with Crippen LogP contribution in [0.15, 0.2) is 0 Å². The molecule has 0 aromatic heterocycles. The zero-order valence-corrected chi connectivity index (χ0v) is 12.3. The average molecular weight is 255 g/mol. The predicted molar refractivity (Wildman–Crippen MR) is 70.9 cm³/mol. The molecule has 2 N–H and O–H groups in total. The Hall–Kier alpha value is -1.10. The first kappa shape index (κ1) is 15.0. The highest BCUT2D eigenvalue weighted by atomic mass is 16.2. The Balaban J connectivity index is 2.97. The largest absolute Gasteiger partial charge is 0.342 e. The van der Waals surface area contributed by atoms with Crippen LogP contribution in [0.3, 0.4) is 0 Å². The van der Waals surface area contributed by atoms with Gasteiger partial charge in [-0.05, 0) is 19.3 Å². The van der Waals surface area contributed by atoms with E-state index in [1.54, 1.807) is 30.7 Å². The summed E-state index contributed by atoms with van der Waals surface area (Å²) in [6, 6.07) is -0.590. The third kappa shape index (κ3) is 2.51. The smallest absolute Gasteiger partial charge is 0.247 e. The average Bonchev–Trinajstić information content (AvgIpc) is 2.23. The number of hydrogen-bond donors (Lipinski definition) is 1. The van der Waals surface area contributed by atoms with Crippen molar-refractivity contribution in [2.75, 3.05) is 20.1 Å². The molecule has 0 bridgehead atoms. The summed E-state index contributed by atoms with van der Waals surface area (Å²) in [7, 11) is 1.76. The van der Waals surface area contributed by atoms with Gasteiger partial charge in [0.1, 0.15) is 5.54 Å². The van der Waals surface area contributed by atoms with Crippen molar-refractivity contribution in [2.24, 2.45) is 11.1 Å². The van der Waals surface area contributed by atoms with Crippen LogP contribution in [0.2, 0.25) is 0 Å². The maximum Gasteiger partial charge on any atom is 0.247 e. The first-order valence-corrected chi connectivity index (χ1v) is 6.32. The molecule has 1 atom stereocenters. The van der Waals surface area contributed by atoms with Gasteiger partial charge in [-0.3, -0.25) is 9.59 Å². The number of carbonyl (C=O) groups excluding carboxylic acids is 2. The van der Waals surface area contributed by atoms with Crippen LogP contribution in [0.5, 0.6) is 0 Å². The lowest BCUT2D eigenvalue weighted by molar-refractivity contribution is -0.159. The van der Waals surface area contributed by atoms with Gasteiger partial charge in [-0.15, -0.1) is 0 Å². The highest BCUT2D eigenvalue weighted by molar-refractivity contribution is 5.93. The molecule has 1 aliphatic heterocycles. The number of piperazine rings is 1. The first-order valence-electron chi connectivity index (χ1n) is 6.32. The molecule has 1 aliphatic rings. The van der Waals surface area contributed by atoms with Gasteiger partial charge in [0.2, 0.25) is 11.8 Å². The minimum atomic E-state index is -0.813. The van der Waals surface area contributed by atoms with Gasteiger partial charge in [0.05, 0.1) is 6.04 Å². The van der Waals surface area contributed by atoms with Gasteiger partial charge < -0.3 is 15.5 Å². The SMILES string of the molecule is CN1CCN(C(=O)C(N)C(C)(C)C)C(C)(C)C1=O. The van der Waals surface area contributed by atoms with Gasteiger partial charge in [-0.1, -0.05) is 20.8 Å². The molecule has 2 amide bonds. The van der Waals surface area contributed by atoms with Gasteiger partial charge in [0.25, 0.3) is 0 Å². The van der Waals surface area contributed by atoms with Crippen LogP contribution in [-0.4, -0.2) is 53.3 Å². The van der Waals surface area contributed by atoms with E-state index >= 15 is 0 Å². The van der Waals surface area contributed by atoms with Gasteiger partial charge in [0.15, 0.2) is 0 Å². The lowest BCUT2D eigenvalue weighted by Crippen LogP contribution is -2.67. The molecule has 0 aromatic rings. The molecule has 1 saturated heterocycles. The van der Waals surface area contributed by atoms with Crippen molar-refractivity contribution in [2.45, 2.75) is 46.2 Å². The summed E-state index contributed by atoms with van der Waals surface area (Å²) in [5, 5.41) is 0. The molecule has 1 rings (SSSR count). The second-order valence-electron chi connectivity index (χ2n) is 6.62. The molecule has 1 heterocycles. The maximum atomic E-state index is 12.4. The summed E-state index contributed by atoms with van der Waals surface area (Å²) in [5.41, 5.74) is 4.89. The number of rotatable bonds is 1. The van der Waals surface area contributed by atoms with Gasteiger partial charge in [-0.2, -0.15) is 0 Å². The second kappa shape index (κ2) is 4.53. The molecule has 104 valence electrons. The zero-order valence-electron chi connectivity index (χ0n) is 12.3. The number of hydrogen-bond acceptors (Lipinski definition) is 3. The van der Waals surface area contributed by atoms with E-state index < -0.39 is 11.6 Å². The molecule has 0 aliphatic carbocycles. The maximum absolute atomic E-state index is 12.4. The van der Waals surface area contributed by atoms with E-state index in [0.29, 0.717) is 13.1 Å². The van der Waals surface area contributed by atoms with Crippen LogP contribution >= 0.6 is 0 Å². The number of nitrogens with two attached hydrogens (primary N) is 1. The van der Waals surface area contributed by atoms with E-state index in [2.05, 4.69) is 0 Å². The van der Waals surface area contributed by atoms with Crippen molar-refractivity contribution in [3.05, 3.63) is 0 Å². The Morgan fingerprint density at radius 3 is 2.28 bits per heavy atom. The molecule has 1 fully saturated rings. The Kier molecular flexibility index (Phi) is 3.77.